The minimum atomic E-state index is -4.85. The highest BCUT2D eigenvalue weighted by Gasteiger charge is 2.38. The number of halogens is 3. The van der Waals surface area contributed by atoms with Gasteiger partial charge in [-0.25, -0.2) is 0 Å². The number of carbonyl (C=O) groups is 2. The van der Waals surface area contributed by atoms with E-state index in [1.807, 2.05) is 49.4 Å². The summed E-state index contributed by atoms with van der Waals surface area (Å²) in [6.07, 6.45) is -4.40. The Morgan fingerprint density at radius 3 is 2.32 bits per heavy atom. The molecule has 3 aromatic carbocycles. The normalized spacial score (nSPS) is 17.6. The van der Waals surface area contributed by atoms with Crippen LogP contribution < -0.4 is 14.5 Å². The Kier molecular flexibility index (Phi) is 6.32. The third-order valence-electron chi connectivity index (χ3n) is 5.78. The maximum absolute atomic E-state index is 13.5. The van der Waals surface area contributed by atoms with Crippen molar-refractivity contribution in [3.05, 3.63) is 90.0 Å². The van der Waals surface area contributed by atoms with Crippen molar-refractivity contribution >= 4 is 23.2 Å². The van der Waals surface area contributed by atoms with Gasteiger partial charge in [-0.2, -0.15) is 0 Å². The van der Waals surface area contributed by atoms with Gasteiger partial charge in [0.1, 0.15) is 5.75 Å². The lowest BCUT2D eigenvalue weighted by atomic mass is 9.89. The van der Waals surface area contributed by atoms with Crippen LogP contribution in [0.1, 0.15) is 42.2 Å². The molecule has 0 bridgehead atoms. The Bertz CT molecular complexity index is 1200. The highest BCUT2D eigenvalue weighted by atomic mass is 19.4. The number of benzene rings is 3. The van der Waals surface area contributed by atoms with E-state index in [2.05, 4.69) is 4.74 Å². The number of amides is 2. The van der Waals surface area contributed by atoms with Crippen LogP contribution in [0.25, 0.3) is 0 Å². The summed E-state index contributed by atoms with van der Waals surface area (Å²) < 4.78 is 42.0. The fourth-order valence-electron chi connectivity index (χ4n) is 4.47. The Labute approximate surface area is 195 Å². The molecule has 0 aliphatic carbocycles. The second-order valence-electron chi connectivity index (χ2n) is 8.13. The van der Waals surface area contributed by atoms with Crippen molar-refractivity contribution in [3.63, 3.8) is 0 Å². The molecule has 0 saturated carbocycles. The maximum Gasteiger partial charge on any atom is 0.573 e. The molecule has 0 N–H and O–H groups in total. The molecule has 176 valence electrons. The molecule has 2 atom stereocenters. The first-order valence-corrected chi connectivity index (χ1v) is 10.8. The van der Waals surface area contributed by atoms with Crippen LogP contribution in [-0.4, -0.2) is 24.2 Å². The molecule has 1 heterocycles. The summed E-state index contributed by atoms with van der Waals surface area (Å²) in [5.41, 5.74) is 2.23. The SMILES string of the molecule is CC(=O)N(c1ccccc1)[C@@H]1C[C@H](C)N(C(=O)c2cccc(OC(F)(F)F)c2)c2ccccc21. The van der Waals surface area contributed by atoms with E-state index < -0.39 is 18.0 Å². The molecule has 0 spiro atoms. The van der Waals surface area contributed by atoms with Gasteiger partial charge in [-0.05, 0) is 55.3 Å². The smallest absolute Gasteiger partial charge is 0.406 e. The molecule has 0 radical (unpaired) electrons. The summed E-state index contributed by atoms with van der Waals surface area (Å²) in [7, 11) is 0. The molecule has 3 aromatic rings. The second kappa shape index (κ2) is 9.21. The molecule has 0 unspecified atom stereocenters. The summed E-state index contributed by atoms with van der Waals surface area (Å²) in [4.78, 5) is 29.5. The zero-order valence-corrected chi connectivity index (χ0v) is 18.6. The van der Waals surface area contributed by atoms with Gasteiger partial charge in [0.05, 0.1) is 6.04 Å². The quantitative estimate of drug-likeness (QED) is 0.464. The van der Waals surface area contributed by atoms with Crippen molar-refractivity contribution in [2.75, 3.05) is 9.80 Å². The highest BCUT2D eigenvalue weighted by molar-refractivity contribution is 6.07. The monoisotopic (exact) mass is 468 g/mol. The number of nitrogens with zero attached hydrogens (tertiary/aromatic N) is 2. The minimum absolute atomic E-state index is 0.0772. The number of hydrogen-bond acceptors (Lipinski definition) is 3. The van der Waals surface area contributed by atoms with E-state index in [9.17, 15) is 22.8 Å². The third kappa shape index (κ3) is 4.76. The van der Waals surface area contributed by atoms with Crippen LogP contribution in [0.5, 0.6) is 5.75 Å². The molecule has 34 heavy (non-hydrogen) atoms. The molecule has 0 fully saturated rings. The maximum atomic E-state index is 13.5. The summed E-state index contributed by atoms with van der Waals surface area (Å²) in [6.45, 7) is 3.37. The fourth-order valence-corrected chi connectivity index (χ4v) is 4.47. The summed E-state index contributed by atoms with van der Waals surface area (Å²) in [6, 6.07) is 21.0. The lowest BCUT2D eigenvalue weighted by Gasteiger charge is -2.43. The van der Waals surface area contributed by atoms with E-state index in [-0.39, 0.29) is 23.6 Å². The fraction of sp³-hybridized carbons (Fsp3) is 0.231. The number of carbonyl (C=O) groups excluding carboxylic acids is 2. The lowest BCUT2D eigenvalue weighted by molar-refractivity contribution is -0.274. The van der Waals surface area contributed by atoms with Gasteiger partial charge in [0.2, 0.25) is 5.91 Å². The summed E-state index contributed by atoms with van der Waals surface area (Å²) in [5.74, 6) is -1.03. The summed E-state index contributed by atoms with van der Waals surface area (Å²) >= 11 is 0. The molecule has 0 aromatic heterocycles. The van der Waals surface area contributed by atoms with E-state index >= 15 is 0 Å². The number of ether oxygens (including phenoxy) is 1. The number of alkyl halides is 3. The molecule has 8 heteroatoms. The van der Waals surface area contributed by atoms with Crippen LogP contribution in [0.4, 0.5) is 24.5 Å². The van der Waals surface area contributed by atoms with Gasteiger partial charge in [-0.15, -0.1) is 13.2 Å². The number of anilines is 2. The third-order valence-corrected chi connectivity index (χ3v) is 5.78. The highest BCUT2D eigenvalue weighted by Crippen LogP contribution is 2.42. The number of para-hydroxylation sites is 2. The standard InChI is InChI=1S/C26H23F3N2O3/c1-17-15-24(31(18(2)32)20-10-4-3-5-11-20)22-13-6-7-14-23(22)30(17)25(33)19-9-8-12-21(16-19)34-26(27,28)29/h3-14,16-17,24H,15H2,1-2H3/t17-,24+/m0/s1. The molecule has 4 rings (SSSR count). The van der Waals surface area contributed by atoms with Crippen LogP contribution in [0, 0.1) is 0 Å². The average Bonchev–Trinajstić information content (AvgIpc) is 2.78. The molecule has 1 aliphatic rings. The van der Waals surface area contributed by atoms with Gasteiger partial charge in [0.15, 0.2) is 0 Å². The van der Waals surface area contributed by atoms with Crippen LogP contribution in [0.2, 0.25) is 0 Å². The molecule has 5 nitrogen and oxygen atoms in total. The van der Waals surface area contributed by atoms with Crippen molar-refractivity contribution in [1.29, 1.82) is 0 Å². The first-order chi connectivity index (χ1) is 16.2. The second-order valence-corrected chi connectivity index (χ2v) is 8.13. The largest absolute Gasteiger partial charge is 0.573 e. The van der Waals surface area contributed by atoms with Gasteiger partial charge in [-0.1, -0.05) is 42.5 Å². The summed E-state index contributed by atoms with van der Waals surface area (Å²) in [5, 5.41) is 0. The van der Waals surface area contributed by atoms with Gasteiger partial charge in [-0.3, -0.25) is 9.59 Å². The minimum Gasteiger partial charge on any atom is -0.406 e. The van der Waals surface area contributed by atoms with Crippen molar-refractivity contribution < 1.29 is 27.5 Å². The average molecular weight is 468 g/mol. The van der Waals surface area contributed by atoms with Crippen molar-refractivity contribution in [2.24, 2.45) is 0 Å². The lowest BCUT2D eigenvalue weighted by Crippen LogP contribution is -2.47. The van der Waals surface area contributed by atoms with Gasteiger partial charge >= 0.3 is 6.36 Å². The van der Waals surface area contributed by atoms with Crippen molar-refractivity contribution in [3.8, 4) is 5.75 Å². The molecule has 1 aliphatic heterocycles. The topological polar surface area (TPSA) is 49.9 Å². The van der Waals surface area contributed by atoms with Gasteiger partial charge in [0.25, 0.3) is 5.91 Å². The van der Waals surface area contributed by atoms with Crippen molar-refractivity contribution in [1.82, 2.24) is 0 Å². The molecule has 0 saturated heterocycles. The Balaban J connectivity index is 1.73. The Morgan fingerprint density at radius 1 is 0.971 bits per heavy atom. The van der Waals surface area contributed by atoms with Crippen LogP contribution >= 0.6 is 0 Å². The molecular formula is C26H23F3N2O3. The van der Waals surface area contributed by atoms with Crippen molar-refractivity contribution in [2.45, 2.75) is 38.7 Å². The number of rotatable bonds is 4. The first-order valence-electron chi connectivity index (χ1n) is 10.8. The van der Waals surface area contributed by atoms with Crippen LogP contribution in [0.3, 0.4) is 0 Å². The zero-order valence-electron chi connectivity index (χ0n) is 18.6. The van der Waals surface area contributed by atoms with E-state index in [0.717, 1.165) is 23.4 Å². The van der Waals surface area contributed by atoms with E-state index in [1.165, 1.54) is 19.1 Å². The first kappa shape index (κ1) is 23.4. The molecule has 2 amide bonds. The number of fused-ring (bicyclic) bond motifs is 1. The van der Waals surface area contributed by atoms with E-state index in [4.69, 9.17) is 0 Å². The zero-order chi connectivity index (χ0) is 24.5. The molecular weight excluding hydrogens is 445 g/mol. The van der Waals surface area contributed by atoms with Crippen LogP contribution in [0.15, 0.2) is 78.9 Å². The van der Waals surface area contributed by atoms with Crippen LogP contribution in [-0.2, 0) is 4.79 Å². The van der Waals surface area contributed by atoms with Gasteiger partial charge in [0, 0.05) is 29.9 Å². The Morgan fingerprint density at radius 2 is 1.65 bits per heavy atom. The predicted molar refractivity (Wildman–Crippen MR) is 123 cm³/mol. The number of hydrogen-bond donors (Lipinski definition) is 0. The van der Waals surface area contributed by atoms with E-state index in [0.29, 0.717) is 12.1 Å². The predicted octanol–water partition coefficient (Wildman–Crippen LogP) is 6.12. The Hall–Kier alpha value is -3.81. The van der Waals surface area contributed by atoms with Gasteiger partial charge < -0.3 is 14.5 Å². The van der Waals surface area contributed by atoms with E-state index in [1.54, 1.807) is 21.9 Å².